The minimum absolute atomic E-state index is 0.00664. The molecule has 0 spiro atoms. The lowest BCUT2D eigenvalue weighted by Crippen LogP contribution is -2.25. The smallest absolute Gasteiger partial charge is 0.200 e. The Kier molecular flexibility index (Phi) is 6.14. The first-order valence-electron chi connectivity index (χ1n) is 9.78. The molecule has 0 unspecified atom stereocenters. The first-order chi connectivity index (χ1) is 12.1. The normalized spacial score (nSPS) is 30.6. The van der Waals surface area contributed by atoms with Gasteiger partial charge in [-0.15, -0.1) is 0 Å². The van der Waals surface area contributed by atoms with Crippen LogP contribution in [0.4, 0.5) is 8.78 Å². The van der Waals surface area contributed by atoms with E-state index in [1.165, 1.54) is 32.8 Å². The summed E-state index contributed by atoms with van der Waals surface area (Å²) in [4.78, 5) is 0. The van der Waals surface area contributed by atoms with Crippen molar-refractivity contribution in [2.24, 2.45) is 17.8 Å². The molecular formula is C22H30F2O. The van der Waals surface area contributed by atoms with E-state index in [0.29, 0.717) is 5.56 Å². The minimum Gasteiger partial charge on any atom is -0.494 e. The average Bonchev–Trinajstić information content (AvgIpc) is 2.65. The van der Waals surface area contributed by atoms with Crippen LogP contribution in [0.2, 0.25) is 0 Å². The standard InChI is InChI=1S/C22H30F2O/c1-3-4-15-5-7-16(8-6-15)17-9-11-18(12-10-17)19-13-14-20(25-2)22(24)21(19)23/h3-4,13-18H,5-12H2,1-2H3/b4-3+. The van der Waals surface area contributed by atoms with Crippen molar-refractivity contribution in [2.45, 2.75) is 64.2 Å². The molecular weight excluding hydrogens is 318 g/mol. The third-order valence-electron chi connectivity index (χ3n) is 6.46. The molecule has 0 atom stereocenters. The van der Waals surface area contributed by atoms with Gasteiger partial charge in [-0.25, -0.2) is 4.39 Å². The molecule has 138 valence electrons. The largest absolute Gasteiger partial charge is 0.494 e. The number of ether oxygens (including phenoxy) is 1. The number of rotatable bonds is 4. The van der Waals surface area contributed by atoms with Crippen LogP contribution in [0.15, 0.2) is 24.3 Å². The molecule has 2 fully saturated rings. The predicted molar refractivity (Wildman–Crippen MR) is 97.9 cm³/mol. The zero-order valence-electron chi connectivity index (χ0n) is 15.4. The highest BCUT2D eigenvalue weighted by Crippen LogP contribution is 2.45. The van der Waals surface area contributed by atoms with Crippen LogP contribution in [0.1, 0.15) is 69.8 Å². The van der Waals surface area contributed by atoms with Gasteiger partial charge in [0.15, 0.2) is 11.6 Å². The van der Waals surface area contributed by atoms with E-state index < -0.39 is 11.6 Å². The first kappa shape index (κ1) is 18.4. The van der Waals surface area contributed by atoms with E-state index >= 15 is 0 Å². The zero-order chi connectivity index (χ0) is 17.8. The third kappa shape index (κ3) is 4.07. The molecule has 2 aliphatic carbocycles. The Morgan fingerprint density at radius 1 is 0.880 bits per heavy atom. The molecule has 0 aromatic heterocycles. The number of methoxy groups -OCH3 is 1. The molecule has 0 amide bonds. The van der Waals surface area contributed by atoms with Crippen molar-refractivity contribution in [3.63, 3.8) is 0 Å². The molecule has 1 aromatic carbocycles. The number of benzene rings is 1. The van der Waals surface area contributed by atoms with Crippen molar-refractivity contribution in [3.05, 3.63) is 41.5 Å². The van der Waals surface area contributed by atoms with Gasteiger partial charge in [-0.05, 0) is 93.6 Å². The molecule has 3 rings (SSSR count). The molecule has 1 aromatic rings. The Balaban J connectivity index is 1.57. The summed E-state index contributed by atoms with van der Waals surface area (Å²) < 4.78 is 33.2. The molecule has 25 heavy (non-hydrogen) atoms. The van der Waals surface area contributed by atoms with Crippen molar-refractivity contribution in [3.8, 4) is 5.75 Å². The Morgan fingerprint density at radius 3 is 2.04 bits per heavy atom. The summed E-state index contributed by atoms with van der Waals surface area (Å²) in [5, 5.41) is 0. The molecule has 0 bridgehead atoms. The van der Waals surface area contributed by atoms with Crippen molar-refractivity contribution >= 4 is 0 Å². The SMILES string of the molecule is C/C=C/C1CCC(C2CCC(c3ccc(OC)c(F)c3F)CC2)CC1. The van der Waals surface area contributed by atoms with Crippen LogP contribution in [-0.4, -0.2) is 7.11 Å². The summed E-state index contributed by atoms with van der Waals surface area (Å²) in [5.74, 6) is 0.964. The fourth-order valence-electron chi connectivity index (χ4n) is 5.00. The highest BCUT2D eigenvalue weighted by Gasteiger charge is 2.32. The molecule has 0 N–H and O–H groups in total. The maximum Gasteiger partial charge on any atom is 0.200 e. The lowest BCUT2D eigenvalue weighted by molar-refractivity contribution is 0.170. The van der Waals surface area contributed by atoms with Gasteiger partial charge in [-0.3, -0.25) is 0 Å². The van der Waals surface area contributed by atoms with Crippen molar-refractivity contribution in [1.29, 1.82) is 0 Å². The van der Waals surface area contributed by atoms with Crippen LogP contribution >= 0.6 is 0 Å². The van der Waals surface area contributed by atoms with Gasteiger partial charge in [0.25, 0.3) is 0 Å². The number of halogens is 2. The van der Waals surface area contributed by atoms with Crippen molar-refractivity contribution in [1.82, 2.24) is 0 Å². The second-order valence-corrected chi connectivity index (χ2v) is 7.80. The molecule has 0 aliphatic heterocycles. The quantitative estimate of drug-likeness (QED) is 0.555. The number of hydrogen-bond donors (Lipinski definition) is 0. The average molecular weight is 348 g/mol. The van der Waals surface area contributed by atoms with Crippen LogP contribution in [0.5, 0.6) is 5.75 Å². The summed E-state index contributed by atoms with van der Waals surface area (Å²) >= 11 is 0. The lowest BCUT2D eigenvalue weighted by atomic mass is 9.68. The molecule has 3 heteroatoms. The first-order valence-corrected chi connectivity index (χ1v) is 9.78. The van der Waals surface area contributed by atoms with Crippen LogP contribution in [0.25, 0.3) is 0 Å². The maximum absolute atomic E-state index is 14.3. The molecule has 1 nitrogen and oxygen atoms in total. The van der Waals surface area contributed by atoms with Gasteiger partial charge < -0.3 is 4.74 Å². The zero-order valence-corrected chi connectivity index (χ0v) is 15.4. The van der Waals surface area contributed by atoms with E-state index in [1.807, 2.05) is 0 Å². The second kappa shape index (κ2) is 8.33. The topological polar surface area (TPSA) is 9.23 Å². The van der Waals surface area contributed by atoms with E-state index in [2.05, 4.69) is 19.1 Å². The fraction of sp³-hybridized carbons (Fsp3) is 0.636. The summed E-state index contributed by atoms with van der Waals surface area (Å²) in [6, 6.07) is 3.27. The number of allylic oxidation sites excluding steroid dienone is 2. The lowest BCUT2D eigenvalue weighted by Gasteiger charge is -2.37. The Morgan fingerprint density at radius 2 is 1.48 bits per heavy atom. The second-order valence-electron chi connectivity index (χ2n) is 7.80. The van der Waals surface area contributed by atoms with Gasteiger partial charge in [0.05, 0.1) is 7.11 Å². The van der Waals surface area contributed by atoms with E-state index in [0.717, 1.165) is 43.4 Å². The van der Waals surface area contributed by atoms with Crippen LogP contribution in [0, 0.1) is 29.4 Å². The highest BCUT2D eigenvalue weighted by molar-refractivity contribution is 5.33. The van der Waals surface area contributed by atoms with Gasteiger partial charge in [0.1, 0.15) is 0 Å². The van der Waals surface area contributed by atoms with E-state index in [1.54, 1.807) is 12.1 Å². The maximum atomic E-state index is 14.3. The molecule has 2 aliphatic rings. The van der Waals surface area contributed by atoms with Crippen molar-refractivity contribution in [2.75, 3.05) is 7.11 Å². The van der Waals surface area contributed by atoms with Crippen LogP contribution in [0.3, 0.4) is 0 Å². The summed E-state index contributed by atoms with van der Waals surface area (Å²) in [7, 11) is 1.37. The van der Waals surface area contributed by atoms with Gasteiger partial charge >= 0.3 is 0 Å². The summed E-state index contributed by atoms with van der Waals surface area (Å²) in [6.07, 6.45) is 14.1. The molecule has 0 heterocycles. The Hall–Kier alpha value is -1.38. The Bertz CT molecular complexity index is 594. The Labute approximate surface area is 150 Å². The van der Waals surface area contributed by atoms with Crippen LogP contribution < -0.4 is 4.74 Å². The van der Waals surface area contributed by atoms with Gasteiger partial charge in [0, 0.05) is 0 Å². The van der Waals surface area contributed by atoms with E-state index in [-0.39, 0.29) is 11.7 Å². The highest BCUT2D eigenvalue weighted by atomic mass is 19.2. The van der Waals surface area contributed by atoms with Gasteiger partial charge in [-0.2, -0.15) is 4.39 Å². The molecule has 0 saturated heterocycles. The summed E-state index contributed by atoms with van der Waals surface area (Å²) in [5.41, 5.74) is 0.536. The van der Waals surface area contributed by atoms with E-state index in [9.17, 15) is 8.78 Å². The summed E-state index contributed by atoms with van der Waals surface area (Å²) in [6.45, 7) is 2.11. The minimum atomic E-state index is -0.843. The fourth-order valence-corrected chi connectivity index (χ4v) is 5.00. The predicted octanol–water partition coefficient (Wildman–Crippen LogP) is 6.63. The molecule has 2 saturated carbocycles. The van der Waals surface area contributed by atoms with E-state index in [4.69, 9.17) is 4.74 Å². The molecule has 0 radical (unpaired) electrons. The van der Waals surface area contributed by atoms with Gasteiger partial charge in [0.2, 0.25) is 5.82 Å². The monoisotopic (exact) mass is 348 g/mol. The van der Waals surface area contributed by atoms with Crippen molar-refractivity contribution < 1.29 is 13.5 Å². The third-order valence-corrected chi connectivity index (χ3v) is 6.46. The van der Waals surface area contributed by atoms with Gasteiger partial charge in [-0.1, -0.05) is 18.2 Å². The number of hydrogen-bond acceptors (Lipinski definition) is 1. The van der Waals surface area contributed by atoms with Crippen LogP contribution in [-0.2, 0) is 0 Å².